The molecule has 1 aromatic carbocycles. The number of nitrogens with zero attached hydrogens (tertiary/aromatic N) is 2. The number of aromatic nitrogens is 1. The van der Waals surface area contributed by atoms with Gasteiger partial charge in [-0.15, -0.1) is 0 Å². The van der Waals surface area contributed by atoms with Crippen LogP contribution in [0.1, 0.15) is 62.6 Å². The van der Waals surface area contributed by atoms with Crippen molar-refractivity contribution >= 4 is 18.0 Å². The Labute approximate surface area is 232 Å². The standard InChI is InChI=1S/C31H35F2N5O2/c1-3-21-11-13-23(14-12-21)26-18-28(39)38(27(37-26)10-5-15-31(2,32)33)20-22-7-4-8-24(17-22)29(34)36-19-25-9-6-16-35-30(25)40/h4,6-9,11-13,16-19,23,27,34,37H,3,5,10,14-15,20H2,1-2H3,(H,35,40). The van der Waals surface area contributed by atoms with Crippen molar-refractivity contribution in [3.8, 4) is 0 Å². The van der Waals surface area contributed by atoms with Crippen molar-refractivity contribution in [2.75, 3.05) is 0 Å². The van der Waals surface area contributed by atoms with Crippen LogP contribution < -0.4 is 10.9 Å². The number of halogens is 2. The molecule has 0 saturated heterocycles. The molecule has 9 heteroatoms. The van der Waals surface area contributed by atoms with Crippen LogP contribution in [0.5, 0.6) is 0 Å². The number of allylic oxidation sites excluding steroid dienone is 4. The van der Waals surface area contributed by atoms with Gasteiger partial charge in [0, 0.05) is 48.6 Å². The van der Waals surface area contributed by atoms with Gasteiger partial charge < -0.3 is 15.2 Å². The maximum atomic E-state index is 13.6. The summed E-state index contributed by atoms with van der Waals surface area (Å²) < 4.78 is 27.1. The van der Waals surface area contributed by atoms with Crippen LogP contribution in [0.3, 0.4) is 0 Å². The minimum absolute atomic E-state index is 0.0271. The number of nitrogens with one attached hydrogen (secondary N) is 3. The molecule has 2 unspecified atom stereocenters. The number of H-pyrrole nitrogens is 1. The van der Waals surface area contributed by atoms with Gasteiger partial charge in [-0.1, -0.05) is 48.9 Å². The normalized spacial score (nSPS) is 19.4. The zero-order valence-corrected chi connectivity index (χ0v) is 22.8. The Balaban J connectivity index is 1.51. The summed E-state index contributed by atoms with van der Waals surface area (Å²) in [4.78, 5) is 33.6. The summed E-state index contributed by atoms with van der Waals surface area (Å²) in [5, 5.41) is 11.8. The molecule has 1 aliphatic carbocycles. The Kier molecular flexibility index (Phi) is 9.24. The highest BCUT2D eigenvalue weighted by Crippen LogP contribution is 2.29. The third-order valence-corrected chi connectivity index (χ3v) is 7.08. The Hall–Kier alpha value is -4.14. The first kappa shape index (κ1) is 28.9. The Morgan fingerprint density at radius 2 is 2.08 bits per heavy atom. The molecule has 4 rings (SSSR count). The van der Waals surface area contributed by atoms with E-state index in [1.54, 1.807) is 41.3 Å². The van der Waals surface area contributed by atoms with Crippen molar-refractivity contribution in [2.45, 2.75) is 64.6 Å². The first-order chi connectivity index (χ1) is 19.1. The maximum absolute atomic E-state index is 13.6. The van der Waals surface area contributed by atoms with E-state index in [2.05, 4.69) is 40.4 Å². The summed E-state index contributed by atoms with van der Waals surface area (Å²) in [5.74, 6) is -2.94. The fourth-order valence-electron chi connectivity index (χ4n) is 4.83. The van der Waals surface area contributed by atoms with Crippen LogP contribution in [0.25, 0.3) is 0 Å². The molecule has 2 aliphatic rings. The van der Waals surface area contributed by atoms with Gasteiger partial charge in [0.1, 0.15) is 6.17 Å². The number of aromatic amines is 1. The van der Waals surface area contributed by atoms with E-state index in [-0.39, 0.29) is 42.6 Å². The van der Waals surface area contributed by atoms with Crippen molar-refractivity contribution in [2.24, 2.45) is 10.9 Å². The molecule has 40 heavy (non-hydrogen) atoms. The van der Waals surface area contributed by atoms with Crippen molar-refractivity contribution in [3.63, 3.8) is 0 Å². The lowest BCUT2D eigenvalue weighted by Crippen LogP contribution is -2.52. The van der Waals surface area contributed by atoms with E-state index in [9.17, 15) is 18.4 Å². The van der Waals surface area contributed by atoms with Gasteiger partial charge in [0.05, 0.1) is 5.56 Å². The summed E-state index contributed by atoms with van der Waals surface area (Å²) >= 11 is 0. The molecular formula is C31H35F2N5O2. The topological polar surface area (TPSA) is 101 Å². The molecule has 0 bridgehead atoms. The fraction of sp³-hybridized carbons (Fsp3) is 0.355. The number of hydrogen-bond donors (Lipinski definition) is 3. The van der Waals surface area contributed by atoms with Crippen LogP contribution in [-0.2, 0) is 11.3 Å². The number of hydrogen-bond acceptors (Lipinski definition) is 4. The molecule has 3 N–H and O–H groups in total. The molecule has 0 radical (unpaired) electrons. The van der Waals surface area contributed by atoms with Gasteiger partial charge in [-0.3, -0.25) is 15.0 Å². The molecule has 1 aromatic heterocycles. The second-order valence-corrected chi connectivity index (χ2v) is 10.3. The second kappa shape index (κ2) is 12.8. The molecule has 2 aromatic rings. The highest BCUT2D eigenvalue weighted by atomic mass is 19.3. The second-order valence-electron chi connectivity index (χ2n) is 10.3. The molecular weight excluding hydrogens is 512 g/mol. The van der Waals surface area contributed by atoms with Crippen molar-refractivity contribution in [1.29, 1.82) is 5.41 Å². The summed E-state index contributed by atoms with van der Waals surface area (Å²) in [6, 6.07) is 10.4. The van der Waals surface area contributed by atoms with E-state index in [4.69, 9.17) is 5.41 Å². The van der Waals surface area contributed by atoms with Gasteiger partial charge in [-0.05, 0) is 56.4 Å². The monoisotopic (exact) mass is 547 g/mol. The summed E-state index contributed by atoms with van der Waals surface area (Å²) in [6.07, 6.45) is 12.5. The van der Waals surface area contributed by atoms with Gasteiger partial charge in [-0.2, -0.15) is 0 Å². The van der Waals surface area contributed by atoms with E-state index in [1.807, 2.05) is 6.07 Å². The summed E-state index contributed by atoms with van der Waals surface area (Å²) in [7, 11) is 0. The van der Waals surface area contributed by atoms with Crippen LogP contribution in [0.2, 0.25) is 0 Å². The lowest BCUT2D eigenvalue weighted by atomic mass is 9.91. The average Bonchev–Trinajstić information content (AvgIpc) is 2.93. The maximum Gasteiger partial charge on any atom is 0.256 e. The smallest absolute Gasteiger partial charge is 0.256 e. The molecule has 0 fully saturated rings. The zero-order valence-electron chi connectivity index (χ0n) is 22.8. The lowest BCUT2D eigenvalue weighted by Gasteiger charge is -2.39. The molecule has 0 spiro atoms. The van der Waals surface area contributed by atoms with Crippen LogP contribution in [0.4, 0.5) is 8.78 Å². The number of pyridine rings is 1. The van der Waals surface area contributed by atoms with E-state index >= 15 is 0 Å². The number of carbonyl (C=O) groups is 1. The molecule has 210 valence electrons. The summed E-state index contributed by atoms with van der Waals surface area (Å²) in [5.41, 5.74) is 3.41. The number of aliphatic imine (C=N–C) groups is 1. The van der Waals surface area contributed by atoms with E-state index < -0.39 is 12.1 Å². The first-order valence-corrected chi connectivity index (χ1v) is 13.6. The minimum Gasteiger partial charge on any atom is -0.368 e. The molecule has 2 heterocycles. The number of amidine groups is 1. The molecule has 2 atom stereocenters. The van der Waals surface area contributed by atoms with Gasteiger partial charge in [-0.25, -0.2) is 13.8 Å². The average molecular weight is 548 g/mol. The third kappa shape index (κ3) is 7.71. The number of alkyl halides is 2. The summed E-state index contributed by atoms with van der Waals surface area (Å²) in [6.45, 7) is 3.26. The van der Waals surface area contributed by atoms with Gasteiger partial charge in [0.2, 0.25) is 11.8 Å². The van der Waals surface area contributed by atoms with Crippen molar-refractivity contribution < 1.29 is 13.6 Å². The number of amides is 1. The fourth-order valence-corrected chi connectivity index (χ4v) is 4.83. The van der Waals surface area contributed by atoms with Gasteiger partial charge >= 0.3 is 0 Å². The predicted octanol–water partition coefficient (Wildman–Crippen LogP) is 5.70. The van der Waals surface area contributed by atoms with E-state index in [0.717, 1.165) is 31.0 Å². The molecule has 7 nitrogen and oxygen atoms in total. The highest BCUT2D eigenvalue weighted by Gasteiger charge is 2.31. The van der Waals surface area contributed by atoms with Crippen molar-refractivity contribution in [3.05, 3.63) is 105 Å². The minimum atomic E-state index is -2.77. The van der Waals surface area contributed by atoms with Gasteiger partial charge in [0.15, 0.2) is 5.84 Å². The van der Waals surface area contributed by atoms with Crippen LogP contribution in [0.15, 0.2) is 88.0 Å². The molecule has 0 saturated carbocycles. The van der Waals surface area contributed by atoms with E-state index in [1.165, 1.54) is 18.0 Å². The van der Waals surface area contributed by atoms with Crippen molar-refractivity contribution in [1.82, 2.24) is 15.2 Å². The van der Waals surface area contributed by atoms with E-state index in [0.29, 0.717) is 17.5 Å². The lowest BCUT2D eigenvalue weighted by molar-refractivity contribution is -0.131. The Bertz CT molecular complexity index is 1420. The Morgan fingerprint density at radius 3 is 2.77 bits per heavy atom. The number of carbonyl (C=O) groups excluding carboxylic acids is 1. The number of benzene rings is 1. The zero-order chi connectivity index (χ0) is 28.7. The van der Waals surface area contributed by atoms with Crippen LogP contribution >= 0.6 is 0 Å². The number of rotatable bonds is 10. The third-order valence-electron chi connectivity index (χ3n) is 7.08. The highest BCUT2D eigenvalue weighted by molar-refractivity contribution is 6.03. The quantitative estimate of drug-likeness (QED) is 0.263. The SMILES string of the molecule is CCC1=CCC(C2=CC(=O)N(Cc3cccc(C(=N)N=Cc4ccc[nH]c4=O)c3)C(CCCC(C)(F)F)N2)C=C1. The Morgan fingerprint density at radius 1 is 1.25 bits per heavy atom. The molecule has 1 amide bonds. The van der Waals surface area contributed by atoms with Gasteiger partial charge in [0.25, 0.3) is 5.56 Å². The van der Waals surface area contributed by atoms with Crippen LogP contribution in [0, 0.1) is 11.3 Å². The first-order valence-electron chi connectivity index (χ1n) is 13.6. The van der Waals surface area contributed by atoms with Crippen LogP contribution in [-0.4, -0.2) is 39.9 Å². The predicted molar refractivity (Wildman–Crippen MR) is 154 cm³/mol. The molecule has 1 aliphatic heterocycles. The largest absolute Gasteiger partial charge is 0.368 e.